The maximum Gasteiger partial charge on any atom is 0.253 e. The van der Waals surface area contributed by atoms with Crippen molar-refractivity contribution >= 4 is 34.8 Å². The van der Waals surface area contributed by atoms with Crippen molar-refractivity contribution in [3.8, 4) is 0 Å². The molecule has 7 nitrogen and oxygen atoms in total. The number of para-hydroxylation sites is 1. The summed E-state index contributed by atoms with van der Waals surface area (Å²) < 4.78 is 5.24. The van der Waals surface area contributed by atoms with Crippen molar-refractivity contribution in [3.05, 3.63) is 83.3 Å². The molecule has 1 saturated heterocycles. The summed E-state index contributed by atoms with van der Waals surface area (Å²) in [5, 5.41) is 6.42. The van der Waals surface area contributed by atoms with Crippen LogP contribution >= 0.6 is 11.6 Å². The Morgan fingerprint density at radius 3 is 2.53 bits per heavy atom. The molecule has 0 unspecified atom stereocenters. The first kappa shape index (κ1) is 21.9. The number of nitrogens with one attached hydrogen (secondary N) is 2. The number of furan rings is 1. The molecule has 8 heteroatoms. The van der Waals surface area contributed by atoms with Crippen molar-refractivity contribution < 1.29 is 14.0 Å². The Hall–Kier alpha value is -3.29. The molecular formula is C24H25ClN4O3. The second-order valence-electron chi connectivity index (χ2n) is 7.60. The fourth-order valence-electron chi connectivity index (χ4n) is 3.70. The van der Waals surface area contributed by atoms with Crippen LogP contribution in [0.25, 0.3) is 0 Å². The first-order valence-electron chi connectivity index (χ1n) is 10.5. The lowest BCUT2D eigenvalue weighted by Crippen LogP contribution is -2.48. The molecule has 1 aliphatic rings. The summed E-state index contributed by atoms with van der Waals surface area (Å²) >= 11 is 6.10. The van der Waals surface area contributed by atoms with E-state index in [9.17, 15) is 9.59 Å². The minimum atomic E-state index is -0.271. The highest BCUT2D eigenvalue weighted by Crippen LogP contribution is 2.21. The lowest BCUT2D eigenvalue weighted by molar-refractivity contribution is -0.117. The number of anilines is 2. The third kappa shape index (κ3) is 5.69. The molecule has 32 heavy (non-hydrogen) atoms. The summed E-state index contributed by atoms with van der Waals surface area (Å²) in [7, 11) is 0. The van der Waals surface area contributed by atoms with E-state index in [-0.39, 0.29) is 24.9 Å². The Balaban J connectivity index is 1.29. The van der Waals surface area contributed by atoms with Crippen LogP contribution in [0.3, 0.4) is 0 Å². The molecule has 3 aromatic rings. The van der Waals surface area contributed by atoms with Crippen LogP contribution in [-0.2, 0) is 11.3 Å². The number of rotatable bonds is 7. The molecule has 166 valence electrons. The minimum Gasteiger partial charge on any atom is -0.467 e. The van der Waals surface area contributed by atoms with Gasteiger partial charge in [-0.05, 0) is 42.5 Å². The highest BCUT2D eigenvalue weighted by Gasteiger charge is 2.20. The van der Waals surface area contributed by atoms with E-state index in [0.717, 1.165) is 36.9 Å². The lowest BCUT2D eigenvalue weighted by Gasteiger charge is -2.35. The van der Waals surface area contributed by atoms with Crippen molar-refractivity contribution in [1.29, 1.82) is 0 Å². The van der Waals surface area contributed by atoms with Gasteiger partial charge in [0.2, 0.25) is 5.91 Å². The van der Waals surface area contributed by atoms with E-state index in [1.165, 1.54) is 0 Å². The van der Waals surface area contributed by atoms with Crippen LogP contribution < -0.4 is 15.5 Å². The number of benzene rings is 2. The van der Waals surface area contributed by atoms with Gasteiger partial charge in [-0.1, -0.05) is 29.8 Å². The highest BCUT2D eigenvalue weighted by molar-refractivity contribution is 6.30. The summed E-state index contributed by atoms with van der Waals surface area (Å²) in [6.45, 7) is 3.73. The molecule has 2 amide bonds. The molecule has 0 atom stereocenters. The van der Waals surface area contributed by atoms with E-state index in [1.807, 2.05) is 24.3 Å². The summed E-state index contributed by atoms with van der Waals surface area (Å²) in [5.74, 6) is 0.247. The molecule has 1 aromatic heterocycles. The van der Waals surface area contributed by atoms with Crippen molar-refractivity contribution in [3.63, 3.8) is 0 Å². The van der Waals surface area contributed by atoms with Crippen LogP contribution in [-0.4, -0.2) is 49.4 Å². The maximum absolute atomic E-state index is 12.7. The van der Waals surface area contributed by atoms with Crippen molar-refractivity contribution in [2.45, 2.75) is 6.54 Å². The number of halogens is 1. The van der Waals surface area contributed by atoms with Crippen LogP contribution in [0.5, 0.6) is 0 Å². The summed E-state index contributed by atoms with van der Waals surface area (Å²) in [5.41, 5.74) is 2.00. The van der Waals surface area contributed by atoms with Crippen LogP contribution in [0, 0.1) is 0 Å². The minimum absolute atomic E-state index is 0.146. The van der Waals surface area contributed by atoms with E-state index in [2.05, 4.69) is 20.4 Å². The molecule has 2 aromatic carbocycles. The molecule has 0 radical (unpaired) electrons. The van der Waals surface area contributed by atoms with E-state index in [1.54, 1.807) is 42.7 Å². The number of nitrogens with zero attached hydrogens (tertiary/aromatic N) is 2. The molecule has 4 rings (SSSR count). The van der Waals surface area contributed by atoms with Gasteiger partial charge in [0.05, 0.1) is 30.6 Å². The van der Waals surface area contributed by atoms with Gasteiger partial charge in [0.15, 0.2) is 0 Å². The van der Waals surface area contributed by atoms with Crippen LogP contribution in [0.15, 0.2) is 71.3 Å². The van der Waals surface area contributed by atoms with Gasteiger partial charge in [0.1, 0.15) is 5.76 Å². The Bertz CT molecular complexity index is 1060. The number of piperazine rings is 1. The summed E-state index contributed by atoms with van der Waals surface area (Å²) in [6, 6.07) is 18.4. The maximum atomic E-state index is 12.7. The zero-order valence-corrected chi connectivity index (χ0v) is 18.3. The van der Waals surface area contributed by atoms with Gasteiger partial charge >= 0.3 is 0 Å². The molecule has 2 N–H and O–H groups in total. The first-order chi connectivity index (χ1) is 15.6. The average molecular weight is 453 g/mol. The van der Waals surface area contributed by atoms with E-state index in [0.29, 0.717) is 17.0 Å². The van der Waals surface area contributed by atoms with Gasteiger partial charge in [-0.3, -0.25) is 14.5 Å². The quantitative estimate of drug-likeness (QED) is 0.572. The largest absolute Gasteiger partial charge is 0.467 e. The van der Waals surface area contributed by atoms with Crippen LogP contribution in [0.1, 0.15) is 16.1 Å². The number of carbonyl (C=O) groups is 2. The fraction of sp³-hybridized carbons (Fsp3) is 0.250. The Morgan fingerprint density at radius 2 is 1.78 bits per heavy atom. The van der Waals surface area contributed by atoms with Gasteiger partial charge in [0.25, 0.3) is 5.91 Å². The molecular weight excluding hydrogens is 428 g/mol. The van der Waals surface area contributed by atoms with E-state index in [4.69, 9.17) is 16.0 Å². The predicted octanol–water partition coefficient (Wildman–Crippen LogP) is 3.62. The molecule has 0 aliphatic carbocycles. The monoisotopic (exact) mass is 452 g/mol. The first-order valence-corrected chi connectivity index (χ1v) is 10.9. The van der Waals surface area contributed by atoms with Gasteiger partial charge < -0.3 is 20.0 Å². The van der Waals surface area contributed by atoms with Crippen molar-refractivity contribution in [1.82, 2.24) is 10.2 Å². The van der Waals surface area contributed by atoms with E-state index >= 15 is 0 Å². The molecule has 1 aliphatic heterocycles. The predicted molar refractivity (Wildman–Crippen MR) is 125 cm³/mol. The van der Waals surface area contributed by atoms with Crippen molar-refractivity contribution in [2.75, 3.05) is 42.9 Å². The van der Waals surface area contributed by atoms with Gasteiger partial charge in [-0.25, -0.2) is 0 Å². The van der Waals surface area contributed by atoms with Gasteiger partial charge in [-0.2, -0.15) is 0 Å². The van der Waals surface area contributed by atoms with Gasteiger partial charge in [0, 0.05) is 36.9 Å². The van der Waals surface area contributed by atoms with Crippen molar-refractivity contribution in [2.24, 2.45) is 0 Å². The SMILES string of the molecule is O=C(CN1CCN(c2cccc(Cl)c2)CC1)Nc1ccccc1C(=O)NCc1ccco1. The molecule has 0 spiro atoms. The zero-order chi connectivity index (χ0) is 22.3. The van der Waals surface area contributed by atoms with Gasteiger partial charge in [-0.15, -0.1) is 0 Å². The smallest absolute Gasteiger partial charge is 0.253 e. The zero-order valence-electron chi connectivity index (χ0n) is 17.6. The van der Waals surface area contributed by atoms with Crippen LogP contribution in [0.4, 0.5) is 11.4 Å². The second kappa shape index (κ2) is 10.3. The Labute approximate surface area is 191 Å². The third-order valence-corrected chi connectivity index (χ3v) is 5.60. The number of hydrogen-bond donors (Lipinski definition) is 2. The fourth-order valence-corrected chi connectivity index (χ4v) is 3.88. The van der Waals surface area contributed by atoms with Crippen LogP contribution in [0.2, 0.25) is 5.02 Å². The highest BCUT2D eigenvalue weighted by atomic mass is 35.5. The Morgan fingerprint density at radius 1 is 0.969 bits per heavy atom. The number of hydrogen-bond acceptors (Lipinski definition) is 5. The molecule has 0 saturated carbocycles. The molecule has 2 heterocycles. The summed E-state index contributed by atoms with van der Waals surface area (Å²) in [4.78, 5) is 29.6. The summed E-state index contributed by atoms with van der Waals surface area (Å²) in [6.07, 6.45) is 1.56. The standard InChI is InChI=1S/C24H25ClN4O3/c25-18-5-3-6-19(15-18)29-12-10-28(11-13-29)17-23(30)27-22-9-2-1-8-21(22)24(31)26-16-20-7-4-14-32-20/h1-9,14-15H,10-13,16-17H2,(H,26,31)(H,27,30). The lowest BCUT2D eigenvalue weighted by atomic mass is 10.1. The molecule has 1 fully saturated rings. The molecule has 0 bridgehead atoms. The normalized spacial score (nSPS) is 14.2. The third-order valence-electron chi connectivity index (χ3n) is 5.36. The Kier molecular flexibility index (Phi) is 7.09. The van der Waals surface area contributed by atoms with E-state index < -0.39 is 0 Å². The number of amides is 2. The topological polar surface area (TPSA) is 77.8 Å². The number of carbonyl (C=O) groups excluding carboxylic acids is 2. The average Bonchev–Trinajstić information content (AvgIpc) is 3.32. The second-order valence-corrected chi connectivity index (χ2v) is 8.04.